The maximum absolute atomic E-state index is 13.4. The summed E-state index contributed by atoms with van der Waals surface area (Å²) in [6.45, 7) is 7.62. The van der Waals surface area contributed by atoms with Gasteiger partial charge >= 0.3 is 0 Å². The highest BCUT2D eigenvalue weighted by molar-refractivity contribution is 6.22. The number of carbonyl (C=O) groups excluding carboxylic acids is 3. The van der Waals surface area contributed by atoms with Crippen LogP contribution in [0.4, 0.5) is 11.4 Å². The van der Waals surface area contributed by atoms with E-state index in [0.29, 0.717) is 29.3 Å². The molecule has 1 aliphatic rings. The number of nitrogens with two attached hydrogens (primary N) is 1. The molecule has 0 saturated heterocycles. The first-order valence-electron chi connectivity index (χ1n) is 10.9. The highest BCUT2D eigenvalue weighted by atomic mass is 16.2. The Balaban J connectivity index is 1.92. The van der Waals surface area contributed by atoms with Gasteiger partial charge in [0.05, 0.1) is 11.6 Å². The Morgan fingerprint density at radius 2 is 1.81 bits per heavy atom. The average molecular weight is 422 g/mol. The molecule has 3 N–H and O–H groups in total. The number of hydrogen-bond donors (Lipinski definition) is 2. The molecule has 2 aromatic carbocycles. The highest BCUT2D eigenvalue weighted by Crippen LogP contribution is 2.44. The SMILES string of the molecule is CC(C)CCCC(=O)N[C@@H](C)C(=O)N1C(=O)C(C)c2ccccc2-c2c(N)cccc21. The van der Waals surface area contributed by atoms with E-state index in [1.165, 1.54) is 4.90 Å². The van der Waals surface area contributed by atoms with Gasteiger partial charge in [0.25, 0.3) is 5.91 Å². The molecular weight excluding hydrogens is 390 g/mol. The molecule has 0 radical (unpaired) electrons. The zero-order chi connectivity index (χ0) is 22.7. The molecule has 2 aromatic rings. The van der Waals surface area contributed by atoms with Crippen molar-refractivity contribution in [3.05, 3.63) is 48.0 Å². The molecular formula is C25H31N3O3. The Bertz CT molecular complexity index is 999. The molecule has 164 valence electrons. The molecule has 0 saturated carbocycles. The third kappa shape index (κ3) is 4.63. The van der Waals surface area contributed by atoms with Crippen molar-refractivity contribution >= 4 is 29.1 Å². The number of benzene rings is 2. The summed E-state index contributed by atoms with van der Waals surface area (Å²) in [7, 11) is 0. The van der Waals surface area contributed by atoms with E-state index in [-0.39, 0.29) is 11.8 Å². The van der Waals surface area contributed by atoms with Crippen molar-refractivity contribution in [3.63, 3.8) is 0 Å². The zero-order valence-electron chi connectivity index (χ0n) is 18.6. The van der Waals surface area contributed by atoms with Crippen molar-refractivity contribution in [1.29, 1.82) is 0 Å². The fourth-order valence-electron chi connectivity index (χ4n) is 4.05. The van der Waals surface area contributed by atoms with Gasteiger partial charge in [-0.1, -0.05) is 50.6 Å². The molecule has 3 rings (SSSR count). The summed E-state index contributed by atoms with van der Waals surface area (Å²) < 4.78 is 0. The summed E-state index contributed by atoms with van der Waals surface area (Å²) in [5.41, 5.74) is 9.58. The van der Waals surface area contributed by atoms with Crippen LogP contribution >= 0.6 is 0 Å². The van der Waals surface area contributed by atoms with Gasteiger partial charge in [0.2, 0.25) is 11.8 Å². The van der Waals surface area contributed by atoms with E-state index in [1.54, 1.807) is 32.0 Å². The molecule has 0 bridgehead atoms. The monoisotopic (exact) mass is 421 g/mol. The van der Waals surface area contributed by atoms with Crippen LogP contribution in [0.25, 0.3) is 11.1 Å². The third-order valence-electron chi connectivity index (χ3n) is 5.76. The smallest absolute Gasteiger partial charge is 0.256 e. The normalized spacial score (nSPS) is 16.4. The van der Waals surface area contributed by atoms with Crippen LogP contribution in [-0.4, -0.2) is 23.8 Å². The number of nitrogens with one attached hydrogen (secondary N) is 1. The zero-order valence-corrected chi connectivity index (χ0v) is 18.6. The minimum absolute atomic E-state index is 0.187. The van der Waals surface area contributed by atoms with Crippen LogP contribution in [-0.2, 0) is 14.4 Å². The van der Waals surface area contributed by atoms with Gasteiger partial charge in [-0.15, -0.1) is 0 Å². The first-order valence-corrected chi connectivity index (χ1v) is 10.9. The summed E-state index contributed by atoms with van der Waals surface area (Å²) in [4.78, 5) is 40.3. The van der Waals surface area contributed by atoms with Crippen LogP contribution in [0.15, 0.2) is 42.5 Å². The maximum atomic E-state index is 13.4. The number of imide groups is 1. The van der Waals surface area contributed by atoms with Gasteiger partial charge in [0.1, 0.15) is 6.04 Å². The lowest BCUT2D eigenvalue weighted by molar-refractivity contribution is -0.131. The molecule has 0 spiro atoms. The van der Waals surface area contributed by atoms with Crippen LogP contribution in [0, 0.1) is 5.92 Å². The predicted molar refractivity (Wildman–Crippen MR) is 123 cm³/mol. The van der Waals surface area contributed by atoms with Crippen LogP contribution < -0.4 is 16.0 Å². The van der Waals surface area contributed by atoms with E-state index in [2.05, 4.69) is 19.2 Å². The number of hydrogen-bond acceptors (Lipinski definition) is 4. The Morgan fingerprint density at radius 3 is 2.52 bits per heavy atom. The first kappa shape index (κ1) is 22.5. The Labute approximate surface area is 183 Å². The molecule has 0 fully saturated rings. The van der Waals surface area contributed by atoms with Gasteiger partial charge in [-0.3, -0.25) is 14.4 Å². The largest absolute Gasteiger partial charge is 0.398 e. The van der Waals surface area contributed by atoms with Crippen molar-refractivity contribution in [2.75, 3.05) is 10.6 Å². The standard InChI is InChI=1S/C25H31N3O3/c1-15(2)9-7-14-22(29)27-17(4)25(31)28-21-13-8-12-20(26)23(21)19-11-6-5-10-18(19)16(3)24(28)30/h5-6,8,10-13,15-17H,7,9,14,26H2,1-4H3,(H,27,29)/t16?,17-/m0/s1. The van der Waals surface area contributed by atoms with Gasteiger partial charge in [0.15, 0.2) is 0 Å². The number of rotatable bonds is 6. The van der Waals surface area contributed by atoms with Crippen LogP contribution in [0.5, 0.6) is 0 Å². The second-order valence-corrected chi connectivity index (χ2v) is 8.64. The summed E-state index contributed by atoms with van der Waals surface area (Å²) in [5, 5.41) is 2.76. The maximum Gasteiger partial charge on any atom is 0.256 e. The van der Waals surface area contributed by atoms with E-state index < -0.39 is 17.9 Å². The topological polar surface area (TPSA) is 92.5 Å². The molecule has 0 aromatic heterocycles. The molecule has 1 unspecified atom stereocenters. The van der Waals surface area contributed by atoms with E-state index in [9.17, 15) is 14.4 Å². The quantitative estimate of drug-likeness (QED) is 0.682. The Hall–Kier alpha value is -3.15. The predicted octanol–water partition coefficient (Wildman–Crippen LogP) is 4.24. The van der Waals surface area contributed by atoms with Gasteiger partial charge in [0, 0.05) is 17.7 Å². The highest BCUT2D eigenvalue weighted by Gasteiger charge is 2.37. The van der Waals surface area contributed by atoms with Crippen molar-refractivity contribution < 1.29 is 14.4 Å². The van der Waals surface area contributed by atoms with Crippen LogP contribution in [0.1, 0.15) is 58.4 Å². The summed E-state index contributed by atoms with van der Waals surface area (Å²) in [6.07, 6.45) is 2.07. The summed E-state index contributed by atoms with van der Waals surface area (Å²) in [5.74, 6) is -0.989. The molecule has 2 atom stereocenters. The van der Waals surface area contributed by atoms with E-state index in [0.717, 1.165) is 24.0 Å². The first-order chi connectivity index (χ1) is 14.7. The Morgan fingerprint density at radius 1 is 1.10 bits per heavy atom. The molecule has 31 heavy (non-hydrogen) atoms. The lowest BCUT2D eigenvalue weighted by Crippen LogP contribution is -2.50. The van der Waals surface area contributed by atoms with E-state index >= 15 is 0 Å². The Kier molecular flexibility index (Phi) is 6.78. The van der Waals surface area contributed by atoms with E-state index in [4.69, 9.17) is 5.73 Å². The van der Waals surface area contributed by atoms with Gasteiger partial charge in [-0.2, -0.15) is 0 Å². The van der Waals surface area contributed by atoms with Gasteiger partial charge in [-0.25, -0.2) is 4.90 Å². The van der Waals surface area contributed by atoms with Crippen molar-refractivity contribution in [3.8, 4) is 11.1 Å². The van der Waals surface area contributed by atoms with Gasteiger partial charge in [-0.05, 0) is 49.4 Å². The lowest BCUT2D eigenvalue weighted by atomic mass is 9.92. The number of nitrogen functional groups attached to an aromatic ring is 1. The summed E-state index contributed by atoms with van der Waals surface area (Å²) in [6, 6.07) is 12.0. The fraction of sp³-hybridized carbons (Fsp3) is 0.400. The minimum Gasteiger partial charge on any atom is -0.398 e. The number of anilines is 2. The molecule has 1 heterocycles. The van der Waals surface area contributed by atoms with Crippen molar-refractivity contribution in [2.45, 2.75) is 58.9 Å². The molecule has 1 aliphatic heterocycles. The fourth-order valence-corrected chi connectivity index (χ4v) is 4.05. The van der Waals surface area contributed by atoms with E-state index in [1.807, 2.05) is 24.3 Å². The van der Waals surface area contributed by atoms with Crippen LogP contribution in [0.2, 0.25) is 0 Å². The molecule has 3 amide bonds. The van der Waals surface area contributed by atoms with Crippen molar-refractivity contribution in [2.24, 2.45) is 5.92 Å². The molecule has 0 aliphatic carbocycles. The van der Waals surface area contributed by atoms with Crippen LogP contribution in [0.3, 0.4) is 0 Å². The number of amides is 3. The third-order valence-corrected chi connectivity index (χ3v) is 5.76. The second kappa shape index (κ2) is 9.33. The minimum atomic E-state index is -0.835. The molecule has 6 heteroatoms. The van der Waals surface area contributed by atoms with Crippen molar-refractivity contribution in [1.82, 2.24) is 5.32 Å². The van der Waals surface area contributed by atoms with Gasteiger partial charge < -0.3 is 11.1 Å². The number of nitrogens with zero attached hydrogens (tertiary/aromatic N) is 1. The average Bonchev–Trinajstić information content (AvgIpc) is 2.81. The molecule has 6 nitrogen and oxygen atoms in total. The second-order valence-electron chi connectivity index (χ2n) is 8.64. The number of carbonyl (C=O) groups is 3. The number of fused-ring (bicyclic) bond motifs is 3. The summed E-state index contributed by atoms with van der Waals surface area (Å²) >= 11 is 0. The lowest BCUT2D eigenvalue weighted by Gasteiger charge is -2.26.